The van der Waals surface area contributed by atoms with Crippen molar-refractivity contribution < 1.29 is 24.8 Å². The van der Waals surface area contributed by atoms with E-state index in [4.69, 9.17) is 9.47 Å². The van der Waals surface area contributed by atoms with Crippen molar-refractivity contribution in [1.29, 1.82) is 0 Å². The highest BCUT2D eigenvalue weighted by molar-refractivity contribution is 5.85. The molecule has 1 saturated heterocycles. The van der Waals surface area contributed by atoms with Gasteiger partial charge in [0.25, 0.3) is 0 Å². The van der Waals surface area contributed by atoms with Crippen molar-refractivity contribution in [3.63, 3.8) is 0 Å². The molecule has 1 fully saturated rings. The zero-order valence-electron chi connectivity index (χ0n) is 10.9. The number of aliphatic hydroxyl groups excluding tert-OH is 3. The van der Waals surface area contributed by atoms with Gasteiger partial charge in [-0.2, -0.15) is 0 Å². The monoisotopic (exact) mass is 279 g/mol. The highest BCUT2D eigenvalue weighted by atomic mass is 16.7. The van der Waals surface area contributed by atoms with Crippen LogP contribution in [0.3, 0.4) is 0 Å². The molecule has 0 spiro atoms. The minimum absolute atomic E-state index is 0.528. The van der Waals surface area contributed by atoms with Gasteiger partial charge < -0.3 is 29.8 Å². The molecule has 5 atom stereocenters. The molecule has 0 unspecified atom stereocenters. The van der Waals surface area contributed by atoms with Crippen molar-refractivity contribution in [2.75, 3.05) is 0 Å². The summed E-state index contributed by atoms with van der Waals surface area (Å²) in [6.07, 6.45) is -3.72. The van der Waals surface area contributed by atoms with Crippen LogP contribution >= 0.6 is 0 Å². The van der Waals surface area contributed by atoms with Gasteiger partial charge in [0.2, 0.25) is 6.29 Å². The smallest absolute Gasteiger partial charge is 0.229 e. The van der Waals surface area contributed by atoms with E-state index in [-0.39, 0.29) is 0 Å². The Balaban J connectivity index is 1.83. The summed E-state index contributed by atoms with van der Waals surface area (Å²) in [6, 6.07) is 7.56. The van der Waals surface area contributed by atoms with Crippen LogP contribution in [0, 0.1) is 0 Å². The van der Waals surface area contributed by atoms with Crippen LogP contribution in [0.4, 0.5) is 0 Å². The van der Waals surface area contributed by atoms with E-state index in [0.29, 0.717) is 5.75 Å². The average Bonchev–Trinajstić information content (AvgIpc) is 2.86. The predicted octanol–water partition coefficient (Wildman–Crippen LogP) is 0.374. The Hall–Kier alpha value is -1.60. The van der Waals surface area contributed by atoms with Crippen LogP contribution < -0.4 is 4.74 Å². The molecule has 3 rings (SSSR count). The zero-order chi connectivity index (χ0) is 14.3. The molecule has 1 aliphatic heterocycles. The molecule has 20 heavy (non-hydrogen) atoms. The lowest BCUT2D eigenvalue weighted by atomic mass is 10.00. The van der Waals surface area contributed by atoms with Gasteiger partial charge in [-0.25, -0.2) is 0 Å². The number of hydrogen-bond donors (Lipinski definition) is 4. The molecule has 6 nitrogen and oxygen atoms in total. The Kier molecular flexibility index (Phi) is 3.39. The standard InChI is InChI=1S/C14H17NO5/c1-7-11(16)12(17)13(18)14(19-7)20-10-6-15-9-5-3-2-4-8(9)10/h2-7,11-18H,1H3/t7-,11-,12+,13-,14+/m1/s1. The number of benzene rings is 1. The summed E-state index contributed by atoms with van der Waals surface area (Å²) in [7, 11) is 0. The number of rotatable bonds is 2. The molecular weight excluding hydrogens is 262 g/mol. The molecule has 0 aliphatic carbocycles. The summed E-state index contributed by atoms with van der Waals surface area (Å²) in [5.41, 5.74) is 0.904. The second-order valence-corrected chi connectivity index (χ2v) is 5.00. The quantitative estimate of drug-likeness (QED) is 0.637. The molecule has 4 N–H and O–H groups in total. The van der Waals surface area contributed by atoms with E-state index in [9.17, 15) is 15.3 Å². The van der Waals surface area contributed by atoms with E-state index < -0.39 is 30.7 Å². The molecule has 2 aromatic rings. The fourth-order valence-corrected chi connectivity index (χ4v) is 2.38. The molecule has 0 bridgehead atoms. The molecule has 1 aromatic carbocycles. The van der Waals surface area contributed by atoms with E-state index >= 15 is 0 Å². The SMILES string of the molecule is C[C@H]1O[C@@H](Oc2c[nH]c3ccccc23)[C@H](O)[C@@H](O)[C@@H]1O. The predicted molar refractivity (Wildman–Crippen MR) is 71.3 cm³/mol. The molecule has 2 heterocycles. The molecule has 0 radical (unpaired) electrons. The first-order chi connectivity index (χ1) is 9.58. The Morgan fingerprint density at radius 1 is 1.10 bits per heavy atom. The second-order valence-electron chi connectivity index (χ2n) is 5.00. The maximum Gasteiger partial charge on any atom is 0.229 e. The Labute approximate surface area is 115 Å². The minimum Gasteiger partial charge on any atom is -0.460 e. The third-order valence-corrected chi connectivity index (χ3v) is 3.60. The van der Waals surface area contributed by atoms with E-state index in [2.05, 4.69) is 4.98 Å². The molecule has 1 aromatic heterocycles. The van der Waals surface area contributed by atoms with Crippen molar-refractivity contribution in [3.8, 4) is 5.75 Å². The van der Waals surface area contributed by atoms with Gasteiger partial charge in [0.1, 0.15) is 24.1 Å². The first kappa shape index (κ1) is 13.4. The molecule has 0 amide bonds. The summed E-state index contributed by atoms with van der Waals surface area (Å²) in [5, 5.41) is 30.2. The first-order valence-corrected chi connectivity index (χ1v) is 6.50. The van der Waals surface area contributed by atoms with Crippen LogP contribution in [-0.2, 0) is 4.74 Å². The number of nitrogens with one attached hydrogen (secondary N) is 1. The highest BCUT2D eigenvalue weighted by Gasteiger charge is 2.43. The summed E-state index contributed by atoms with van der Waals surface area (Å²) in [5.74, 6) is 0.528. The van der Waals surface area contributed by atoms with Gasteiger partial charge in [-0.15, -0.1) is 0 Å². The fraction of sp³-hybridized carbons (Fsp3) is 0.429. The molecular formula is C14H17NO5. The van der Waals surface area contributed by atoms with Crippen LogP contribution in [0.2, 0.25) is 0 Å². The number of aromatic amines is 1. The summed E-state index contributed by atoms with van der Waals surface area (Å²) >= 11 is 0. The van der Waals surface area contributed by atoms with Crippen molar-refractivity contribution in [2.45, 2.75) is 37.6 Å². The lowest BCUT2D eigenvalue weighted by Gasteiger charge is -2.38. The van der Waals surface area contributed by atoms with Crippen molar-refractivity contribution >= 4 is 10.9 Å². The number of ether oxygens (including phenoxy) is 2. The lowest BCUT2D eigenvalue weighted by molar-refractivity contribution is -0.267. The number of fused-ring (bicyclic) bond motifs is 1. The Morgan fingerprint density at radius 3 is 2.65 bits per heavy atom. The summed E-state index contributed by atoms with van der Waals surface area (Å²) in [6.45, 7) is 1.62. The topological polar surface area (TPSA) is 94.9 Å². The third-order valence-electron chi connectivity index (χ3n) is 3.60. The van der Waals surface area contributed by atoms with E-state index in [1.165, 1.54) is 0 Å². The van der Waals surface area contributed by atoms with Gasteiger partial charge in [0, 0.05) is 17.1 Å². The van der Waals surface area contributed by atoms with Gasteiger partial charge >= 0.3 is 0 Å². The van der Waals surface area contributed by atoms with E-state index in [0.717, 1.165) is 10.9 Å². The highest BCUT2D eigenvalue weighted by Crippen LogP contribution is 2.29. The maximum absolute atomic E-state index is 9.93. The average molecular weight is 279 g/mol. The van der Waals surface area contributed by atoms with Gasteiger partial charge in [-0.1, -0.05) is 12.1 Å². The van der Waals surface area contributed by atoms with Crippen LogP contribution in [-0.4, -0.2) is 51.0 Å². The summed E-state index contributed by atoms with van der Waals surface area (Å²) in [4.78, 5) is 3.05. The molecule has 1 aliphatic rings. The normalized spacial score (nSPS) is 34.3. The number of aromatic nitrogens is 1. The van der Waals surface area contributed by atoms with Gasteiger partial charge in [-0.3, -0.25) is 0 Å². The number of para-hydroxylation sites is 1. The van der Waals surface area contributed by atoms with E-state index in [1.807, 2.05) is 24.3 Å². The fourth-order valence-electron chi connectivity index (χ4n) is 2.38. The van der Waals surface area contributed by atoms with Crippen LogP contribution in [0.5, 0.6) is 5.75 Å². The molecule has 0 saturated carbocycles. The second kappa shape index (κ2) is 5.06. The van der Waals surface area contributed by atoms with Crippen molar-refractivity contribution in [3.05, 3.63) is 30.5 Å². The lowest BCUT2D eigenvalue weighted by Crippen LogP contribution is -2.58. The van der Waals surface area contributed by atoms with Crippen LogP contribution in [0.15, 0.2) is 30.5 Å². The number of aliphatic hydroxyl groups is 3. The van der Waals surface area contributed by atoms with Gasteiger partial charge in [-0.05, 0) is 19.1 Å². The molecule has 6 heteroatoms. The Morgan fingerprint density at radius 2 is 1.85 bits per heavy atom. The summed E-state index contributed by atoms with van der Waals surface area (Å²) < 4.78 is 11.0. The number of H-pyrrole nitrogens is 1. The maximum atomic E-state index is 9.93. The zero-order valence-corrected chi connectivity index (χ0v) is 10.9. The van der Waals surface area contributed by atoms with Gasteiger partial charge in [0.05, 0.1) is 6.10 Å². The van der Waals surface area contributed by atoms with Crippen LogP contribution in [0.1, 0.15) is 6.92 Å². The van der Waals surface area contributed by atoms with Gasteiger partial charge in [0.15, 0.2) is 0 Å². The molecule has 108 valence electrons. The minimum atomic E-state index is -1.31. The Bertz CT molecular complexity index is 598. The van der Waals surface area contributed by atoms with E-state index in [1.54, 1.807) is 13.1 Å². The number of hydrogen-bond acceptors (Lipinski definition) is 5. The van der Waals surface area contributed by atoms with Crippen molar-refractivity contribution in [2.24, 2.45) is 0 Å². The van der Waals surface area contributed by atoms with Crippen molar-refractivity contribution in [1.82, 2.24) is 4.98 Å². The first-order valence-electron chi connectivity index (χ1n) is 6.50. The largest absolute Gasteiger partial charge is 0.460 e. The third kappa shape index (κ3) is 2.16. The van der Waals surface area contributed by atoms with Crippen LogP contribution in [0.25, 0.3) is 10.9 Å².